The quantitative estimate of drug-likeness (QED) is 0.474. The van der Waals surface area contributed by atoms with Crippen LogP contribution in [0.4, 0.5) is 4.39 Å². The van der Waals surface area contributed by atoms with Crippen LogP contribution in [-0.2, 0) is 16.1 Å². The van der Waals surface area contributed by atoms with E-state index in [-0.39, 0.29) is 17.7 Å². The number of carbonyl (C=O) groups excluding carboxylic acids is 1. The van der Waals surface area contributed by atoms with Crippen molar-refractivity contribution in [3.8, 4) is 5.69 Å². The third-order valence-electron chi connectivity index (χ3n) is 5.17. The molecule has 0 saturated carbocycles. The summed E-state index contributed by atoms with van der Waals surface area (Å²) in [5.41, 5.74) is 1.27. The molecule has 0 bridgehead atoms. The van der Waals surface area contributed by atoms with Gasteiger partial charge in [0.25, 0.3) is 0 Å². The lowest BCUT2D eigenvalue weighted by molar-refractivity contribution is -0.146. The Bertz CT molecular complexity index is 872. The van der Waals surface area contributed by atoms with E-state index in [1.165, 1.54) is 13.2 Å². The molecule has 0 spiro atoms. The van der Waals surface area contributed by atoms with Gasteiger partial charge in [0.15, 0.2) is 5.96 Å². The number of aromatic nitrogens is 2. The molecular weight excluding hydrogens is 373 g/mol. The number of halogens is 1. The van der Waals surface area contributed by atoms with Gasteiger partial charge in [-0.15, -0.1) is 0 Å². The number of nitrogens with one attached hydrogen (secondary N) is 1. The smallest absolute Gasteiger partial charge is 0.308 e. The summed E-state index contributed by atoms with van der Waals surface area (Å²) in [5, 5.41) is 3.29. The molecule has 1 fully saturated rings. The summed E-state index contributed by atoms with van der Waals surface area (Å²) in [7, 11) is 1.43. The van der Waals surface area contributed by atoms with Crippen molar-refractivity contribution in [3.05, 3.63) is 47.8 Å². The first-order valence-corrected chi connectivity index (χ1v) is 9.93. The molecule has 1 aliphatic heterocycles. The number of guanidine groups is 1. The van der Waals surface area contributed by atoms with Crippen LogP contribution in [0, 0.1) is 18.7 Å². The SMILES string of the molecule is CCNC(=NCc1ccc(-n2ccnc2C)c(F)c1)N1CCC(C(=O)OC)CC1. The van der Waals surface area contributed by atoms with Crippen molar-refractivity contribution in [2.45, 2.75) is 33.2 Å². The van der Waals surface area contributed by atoms with Crippen molar-refractivity contribution >= 4 is 11.9 Å². The molecule has 1 aromatic carbocycles. The topological polar surface area (TPSA) is 71.8 Å². The number of aliphatic imine (C=N–C) groups is 1. The molecule has 0 aliphatic carbocycles. The minimum Gasteiger partial charge on any atom is -0.469 e. The minimum atomic E-state index is -0.303. The number of methoxy groups -OCH3 is 1. The Morgan fingerprint density at radius 2 is 2.14 bits per heavy atom. The maximum Gasteiger partial charge on any atom is 0.308 e. The van der Waals surface area contributed by atoms with Crippen LogP contribution in [0.5, 0.6) is 0 Å². The van der Waals surface area contributed by atoms with Gasteiger partial charge in [-0.1, -0.05) is 6.07 Å². The van der Waals surface area contributed by atoms with Crippen molar-refractivity contribution < 1.29 is 13.9 Å². The van der Waals surface area contributed by atoms with Crippen LogP contribution >= 0.6 is 0 Å². The van der Waals surface area contributed by atoms with E-state index in [0.29, 0.717) is 12.2 Å². The number of rotatable bonds is 5. The zero-order valence-electron chi connectivity index (χ0n) is 17.2. The normalized spacial score (nSPS) is 15.4. The van der Waals surface area contributed by atoms with Gasteiger partial charge < -0.3 is 19.5 Å². The number of nitrogens with zero attached hydrogens (tertiary/aromatic N) is 4. The lowest BCUT2D eigenvalue weighted by Crippen LogP contribution is -2.46. The largest absolute Gasteiger partial charge is 0.469 e. The van der Waals surface area contributed by atoms with Crippen molar-refractivity contribution in [2.75, 3.05) is 26.7 Å². The fourth-order valence-electron chi connectivity index (χ4n) is 3.56. The van der Waals surface area contributed by atoms with Gasteiger partial charge in [0.05, 0.1) is 25.3 Å². The molecule has 8 heteroatoms. The van der Waals surface area contributed by atoms with Crippen molar-refractivity contribution in [3.63, 3.8) is 0 Å². The number of hydrogen-bond acceptors (Lipinski definition) is 4. The van der Waals surface area contributed by atoms with Crippen LogP contribution in [0.3, 0.4) is 0 Å². The molecule has 0 radical (unpaired) electrons. The fourth-order valence-corrected chi connectivity index (χ4v) is 3.56. The lowest BCUT2D eigenvalue weighted by Gasteiger charge is -2.33. The van der Waals surface area contributed by atoms with Gasteiger partial charge in [-0.25, -0.2) is 14.4 Å². The summed E-state index contributed by atoms with van der Waals surface area (Å²) in [5.74, 6) is 1.02. The predicted octanol–water partition coefficient (Wildman–Crippen LogP) is 2.67. The van der Waals surface area contributed by atoms with E-state index < -0.39 is 0 Å². The van der Waals surface area contributed by atoms with E-state index in [2.05, 4.69) is 20.2 Å². The van der Waals surface area contributed by atoms with E-state index in [4.69, 9.17) is 4.74 Å². The molecule has 1 aliphatic rings. The molecule has 2 heterocycles. The van der Waals surface area contributed by atoms with Gasteiger partial charge in [-0.2, -0.15) is 0 Å². The highest BCUT2D eigenvalue weighted by Gasteiger charge is 2.26. The average Bonchev–Trinajstić information content (AvgIpc) is 3.16. The van der Waals surface area contributed by atoms with Crippen molar-refractivity contribution in [1.82, 2.24) is 19.8 Å². The van der Waals surface area contributed by atoms with E-state index in [1.54, 1.807) is 23.0 Å². The van der Waals surface area contributed by atoms with Crippen LogP contribution < -0.4 is 5.32 Å². The Morgan fingerprint density at radius 1 is 1.38 bits per heavy atom. The van der Waals surface area contributed by atoms with Crippen LogP contribution in [-0.4, -0.2) is 53.1 Å². The lowest BCUT2D eigenvalue weighted by atomic mass is 9.97. The monoisotopic (exact) mass is 401 g/mol. The van der Waals surface area contributed by atoms with Crippen LogP contribution in [0.15, 0.2) is 35.6 Å². The third kappa shape index (κ3) is 4.93. The molecule has 156 valence electrons. The number of benzene rings is 1. The summed E-state index contributed by atoms with van der Waals surface area (Å²) >= 11 is 0. The number of ether oxygens (including phenoxy) is 1. The first-order valence-electron chi connectivity index (χ1n) is 9.93. The van der Waals surface area contributed by atoms with Crippen LogP contribution in [0.25, 0.3) is 5.69 Å². The Balaban J connectivity index is 1.68. The highest BCUT2D eigenvalue weighted by molar-refractivity contribution is 5.80. The fraction of sp³-hybridized carbons (Fsp3) is 0.476. The molecule has 1 saturated heterocycles. The molecule has 0 amide bonds. The van der Waals surface area contributed by atoms with E-state index in [0.717, 1.165) is 49.8 Å². The second-order valence-corrected chi connectivity index (χ2v) is 7.08. The van der Waals surface area contributed by atoms with Crippen LogP contribution in [0.1, 0.15) is 31.2 Å². The number of aryl methyl sites for hydroxylation is 1. The van der Waals surface area contributed by atoms with Gasteiger partial charge in [-0.05, 0) is 44.4 Å². The maximum absolute atomic E-state index is 14.6. The molecular formula is C21H28FN5O2. The summed E-state index contributed by atoms with van der Waals surface area (Å²) in [6.45, 7) is 6.43. The number of hydrogen-bond donors (Lipinski definition) is 1. The number of likely N-dealkylation sites (tertiary alicyclic amines) is 1. The maximum atomic E-state index is 14.6. The molecule has 1 aromatic heterocycles. The van der Waals surface area contributed by atoms with Crippen molar-refractivity contribution in [1.29, 1.82) is 0 Å². The van der Waals surface area contributed by atoms with E-state index in [1.807, 2.05) is 19.9 Å². The molecule has 3 rings (SSSR count). The molecule has 0 atom stereocenters. The Kier molecular flexibility index (Phi) is 6.85. The minimum absolute atomic E-state index is 0.0487. The first-order chi connectivity index (χ1) is 14.0. The third-order valence-corrected chi connectivity index (χ3v) is 5.17. The Morgan fingerprint density at radius 3 is 2.72 bits per heavy atom. The second kappa shape index (κ2) is 9.54. The van der Waals surface area contributed by atoms with Gasteiger partial charge in [0, 0.05) is 32.0 Å². The summed E-state index contributed by atoms with van der Waals surface area (Å²) in [6, 6.07) is 5.16. The Labute approximate surface area is 170 Å². The van der Waals surface area contributed by atoms with Crippen LogP contribution in [0.2, 0.25) is 0 Å². The zero-order chi connectivity index (χ0) is 20.8. The zero-order valence-corrected chi connectivity index (χ0v) is 17.2. The Hall–Kier alpha value is -2.90. The molecule has 0 unspecified atom stereocenters. The summed E-state index contributed by atoms with van der Waals surface area (Å²) in [4.78, 5) is 22.7. The number of imidazole rings is 1. The highest BCUT2D eigenvalue weighted by atomic mass is 19.1. The molecule has 1 N–H and O–H groups in total. The van der Waals surface area contributed by atoms with Gasteiger partial charge in [0.2, 0.25) is 0 Å². The van der Waals surface area contributed by atoms with Gasteiger partial charge in [0.1, 0.15) is 11.6 Å². The second-order valence-electron chi connectivity index (χ2n) is 7.08. The first kappa shape index (κ1) is 20.8. The van der Waals surface area contributed by atoms with Crippen molar-refractivity contribution in [2.24, 2.45) is 10.9 Å². The predicted molar refractivity (Wildman–Crippen MR) is 109 cm³/mol. The van der Waals surface area contributed by atoms with Gasteiger partial charge >= 0.3 is 5.97 Å². The summed E-state index contributed by atoms with van der Waals surface area (Å²) < 4.78 is 21.2. The number of esters is 1. The highest BCUT2D eigenvalue weighted by Crippen LogP contribution is 2.20. The summed E-state index contributed by atoms with van der Waals surface area (Å²) in [6.07, 6.45) is 4.88. The van der Waals surface area contributed by atoms with E-state index in [9.17, 15) is 9.18 Å². The molecule has 2 aromatic rings. The standard InChI is InChI=1S/C21H28FN5O2/c1-4-23-21(26-10-7-17(8-11-26)20(28)29-3)25-14-16-5-6-19(18(22)13-16)27-12-9-24-15(27)2/h5-6,9,12-13,17H,4,7-8,10-11,14H2,1-3H3,(H,23,25). The van der Waals surface area contributed by atoms with E-state index >= 15 is 0 Å². The average molecular weight is 401 g/mol. The number of piperidine rings is 1. The van der Waals surface area contributed by atoms with Gasteiger partial charge in [-0.3, -0.25) is 4.79 Å². The molecule has 29 heavy (non-hydrogen) atoms. The number of carbonyl (C=O) groups is 1. The molecule has 7 nitrogen and oxygen atoms in total.